The van der Waals surface area contributed by atoms with Crippen LogP contribution in [0.25, 0.3) is 0 Å². The number of thioether (sulfide) groups is 1. The normalized spacial score (nSPS) is 9.85. The maximum atomic E-state index is 10.9. The Bertz CT molecular complexity index is 671. The summed E-state index contributed by atoms with van der Waals surface area (Å²) in [5.74, 6) is 6.50. The van der Waals surface area contributed by atoms with Gasteiger partial charge in [0.1, 0.15) is 0 Å². The van der Waals surface area contributed by atoms with E-state index in [-0.39, 0.29) is 10.6 Å². The fourth-order valence-electron chi connectivity index (χ4n) is 1.58. The number of hydrogen-bond donors (Lipinski definition) is 1. The van der Waals surface area contributed by atoms with Gasteiger partial charge in [-0.2, -0.15) is 0 Å². The molecule has 4 nitrogen and oxygen atoms in total. The van der Waals surface area contributed by atoms with E-state index in [1.807, 2.05) is 11.4 Å². The van der Waals surface area contributed by atoms with Gasteiger partial charge in [-0.3, -0.25) is 10.1 Å². The Kier molecular flexibility index (Phi) is 5.18. The molecule has 0 aliphatic carbocycles. The molecule has 1 aromatic heterocycles. The van der Waals surface area contributed by atoms with Crippen LogP contribution in [0.3, 0.4) is 0 Å². The molecule has 0 unspecified atom stereocenters. The molecule has 0 aliphatic rings. The molecule has 0 atom stereocenters. The first kappa shape index (κ1) is 14.6. The molecule has 2 N–H and O–H groups in total. The zero-order valence-electron chi connectivity index (χ0n) is 10.5. The van der Waals surface area contributed by atoms with Crippen LogP contribution in [-0.4, -0.2) is 11.5 Å². The zero-order chi connectivity index (χ0) is 14.4. The fourth-order valence-corrected chi connectivity index (χ4v) is 3.55. The highest BCUT2D eigenvalue weighted by atomic mass is 32.2. The SMILES string of the molecule is NCC#Cc1ccsc1CSc1ccccc1[N+](=O)[O-]. The third-order valence-electron chi connectivity index (χ3n) is 2.49. The Balaban J connectivity index is 2.14. The Morgan fingerprint density at radius 1 is 1.35 bits per heavy atom. The predicted octanol–water partition coefficient (Wildman–Crippen LogP) is 3.26. The van der Waals surface area contributed by atoms with Crippen LogP contribution in [0, 0.1) is 22.0 Å². The van der Waals surface area contributed by atoms with Crippen molar-refractivity contribution in [1.29, 1.82) is 0 Å². The smallest absolute Gasteiger partial charge is 0.282 e. The van der Waals surface area contributed by atoms with Gasteiger partial charge in [-0.25, -0.2) is 0 Å². The zero-order valence-corrected chi connectivity index (χ0v) is 12.2. The van der Waals surface area contributed by atoms with E-state index < -0.39 is 0 Å². The van der Waals surface area contributed by atoms with Crippen LogP contribution in [0.2, 0.25) is 0 Å². The minimum absolute atomic E-state index is 0.142. The van der Waals surface area contributed by atoms with Crippen molar-refractivity contribution in [1.82, 2.24) is 0 Å². The molecule has 102 valence electrons. The Labute approximate surface area is 125 Å². The number of hydrogen-bond acceptors (Lipinski definition) is 5. The van der Waals surface area contributed by atoms with Gasteiger partial charge >= 0.3 is 0 Å². The van der Waals surface area contributed by atoms with E-state index in [1.165, 1.54) is 17.8 Å². The van der Waals surface area contributed by atoms with E-state index in [1.54, 1.807) is 29.5 Å². The van der Waals surface area contributed by atoms with Gasteiger partial charge in [0.15, 0.2) is 0 Å². The summed E-state index contributed by atoms with van der Waals surface area (Å²) in [6.07, 6.45) is 0. The van der Waals surface area contributed by atoms with Gasteiger partial charge in [-0.1, -0.05) is 24.0 Å². The lowest BCUT2D eigenvalue weighted by atomic mass is 10.3. The minimum Gasteiger partial charge on any atom is -0.320 e. The van der Waals surface area contributed by atoms with Gasteiger partial charge in [0.2, 0.25) is 0 Å². The molecular formula is C14H12N2O2S2. The number of nitro groups is 1. The van der Waals surface area contributed by atoms with Gasteiger partial charge in [0, 0.05) is 22.3 Å². The Morgan fingerprint density at radius 2 is 2.15 bits per heavy atom. The number of nitrogens with two attached hydrogens (primary N) is 1. The van der Waals surface area contributed by atoms with Gasteiger partial charge in [0.25, 0.3) is 5.69 Å². The number of nitrogens with zero attached hydrogens (tertiary/aromatic N) is 1. The Hall–Kier alpha value is -1.81. The summed E-state index contributed by atoms with van der Waals surface area (Å²) in [7, 11) is 0. The van der Waals surface area contributed by atoms with Crippen molar-refractivity contribution in [3.05, 3.63) is 56.3 Å². The van der Waals surface area contributed by atoms with Crippen LogP contribution < -0.4 is 5.73 Å². The summed E-state index contributed by atoms with van der Waals surface area (Å²) >= 11 is 3.05. The van der Waals surface area contributed by atoms with Gasteiger partial charge in [-0.15, -0.1) is 23.1 Å². The van der Waals surface area contributed by atoms with E-state index in [4.69, 9.17) is 5.73 Å². The topological polar surface area (TPSA) is 69.2 Å². The van der Waals surface area contributed by atoms with Gasteiger partial charge < -0.3 is 5.73 Å². The number of nitro benzene ring substituents is 1. The Morgan fingerprint density at radius 3 is 2.90 bits per heavy atom. The third-order valence-corrected chi connectivity index (χ3v) is 4.68. The summed E-state index contributed by atoms with van der Waals surface area (Å²) in [6.45, 7) is 0.326. The molecule has 2 aromatic rings. The molecule has 0 radical (unpaired) electrons. The van der Waals surface area contributed by atoms with E-state index in [9.17, 15) is 10.1 Å². The number of benzene rings is 1. The van der Waals surface area contributed by atoms with E-state index in [2.05, 4.69) is 11.8 Å². The van der Waals surface area contributed by atoms with Crippen molar-refractivity contribution in [2.75, 3.05) is 6.54 Å². The van der Waals surface area contributed by atoms with E-state index >= 15 is 0 Å². The molecular weight excluding hydrogens is 292 g/mol. The molecule has 0 bridgehead atoms. The van der Waals surface area contributed by atoms with Crippen LogP contribution >= 0.6 is 23.1 Å². The van der Waals surface area contributed by atoms with Crippen LogP contribution in [0.5, 0.6) is 0 Å². The molecule has 1 heterocycles. The highest BCUT2D eigenvalue weighted by Crippen LogP contribution is 2.33. The second-order valence-corrected chi connectivity index (χ2v) is 5.79. The minimum atomic E-state index is -0.355. The van der Waals surface area contributed by atoms with Gasteiger partial charge in [-0.05, 0) is 17.5 Å². The summed E-state index contributed by atoms with van der Waals surface area (Å²) < 4.78 is 0. The lowest BCUT2D eigenvalue weighted by Gasteiger charge is -2.02. The molecule has 0 fully saturated rings. The molecule has 2 rings (SSSR count). The predicted molar refractivity (Wildman–Crippen MR) is 82.9 cm³/mol. The highest BCUT2D eigenvalue weighted by molar-refractivity contribution is 7.98. The number of thiophene rings is 1. The fraction of sp³-hybridized carbons (Fsp3) is 0.143. The van der Waals surface area contributed by atoms with Crippen molar-refractivity contribution < 1.29 is 4.92 Å². The molecule has 20 heavy (non-hydrogen) atoms. The standard InChI is InChI=1S/C14H12N2O2S2/c15-8-3-4-11-7-9-19-14(11)10-20-13-6-2-1-5-12(13)16(17)18/h1-2,5-7,9H,8,10,15H2. The first-order valence-electron chi connectivity index (χ1n) is 5.84. The van der Waals surface area contributed by atoms with Crippen molar-refractivity contribution in [3.63, 3.8) is 0 Å². The summed E-state index contributed by atoms with van der Waals surface area (Å²) in [4.78, 5) is 12.4. The first-order valence-corrected chi connectivity index (χ1v) is 7.70. The molecule has 0 amide bonds. The van der Waals surface area contributed by atoms with Crippen molar-refractivity contribution in [2.24, 2.45) is 5.73 Å². The summed E-state index contributed by atoms with van der Waals surface area (Å²) in [5.41, 5.74) is 6.46. The van der Waals surface area contributed by atoms with Gasteiger partial charge in [0.05, 0.1) is 16.4 Å². The largest absolute Gasteiger partial charge is 0.320 e. The number of rotatable bonds is 4. The molecule has 0 saturated carbocycles. The average Bonchev–Trinajstić information content (AvgIpc) is 2.90. The second-order valence-electron chi connectivity index (χ2n) is 3.78. The quantitative estimate of drug-likeness (QED) is 0.407. The van der Waals surface area contributed by atoms with Crippen LogP contribution in [0.4, 0.5) is 5.69 Å². The molecule has 0 aliphatic heterocycles. The summed E-state index contributed by atoms with van der Waals surface area (Å²) in [5, 5.41) is 12.9. The van der Waals surface area contributed by atoms with Crippen LogP contribution in [-0.2, 0) is 5.75 Å². The third kappa shape index (κ3) is 3.61. The second kappa shape index (κ2) is 7.10. The van der Waals surface area contributed by atoms with Crippen molar-refractivity contribution >= 4 is 28.8 Å². The van der Waals surface area contributed by atoms with Crippen molar-refractivity contribution in [3.8, 4) is 11.8 Å². The maximum Gasteiger partial charge on any atom is 0.282 e. The van der Waals surface area contributed by atoms with E-state index in [0.29, 0.717) is 17.2 Å². The first-order chi connectivity index (χ1) is 9.72. The molecule has 6 heteroatoms. The van der Waals surface area contributed by atoms with E-state index in [0.717, 1.165) is 10.4 Å². The van der Waals surface area contributed by atoms with Crippen molar-refractivity contribution in [2.45, 2.75) is 10.6 Å². The number of para-hydroxylation sites is 1. The monoisotopic (exact) mass is 304 g/mol. The maximum absolute atomic E-state index is 10.9. The summed E-state index contributed by atoms with van der Waals surface area (Å²) in [6, 6.07) is 8.71. The van der Waals surface area contributed by atoms with Crippen LogP contribution in [0.15, 0.2) is 40.6 Å². The lowest BCUT2D eigenvalue weighted by molar-refractivity contribution is -0.387. The molecule has 1 aromatic carbocycles. The highest BCUT2D eigenvalue weighted by Gasteiger charge is 2.13. The van der Waals surface area contributed by atoms with Crippen LogP contribution in [0.1, 0.15) is 10.4 Å². The molecule has 0 saturated heterocycles. The molecule has 0 spiro atoms. The average molecular weight is 304 g/mol. The lowest BCUT2D eigenvalue weighted by Crippen LogP contribution is -1.93.